The summed E-state index contributed by atoms with van der Waals surface area (Å²) in [6, 6.07) is 0.648. The van der Waals surface area contributed by atoms with Crippen LogP contribution in [0, 0.1) is 17.5 Å². The highest BCUT2D eigenvalue weighted by atomic mass is 79.9. The summed E-state index contributed by atoms with van der Waals surface area (Å²) < 4.78 is 41.9. The van der Waals surface area contributed by atoms with Gasteiger partial charge in [-0.2, -0.15) is 0 Å². The van der Waals surface area contributed by atoms with Gasteiger partial charge >= 0.3 is 0 Å². The zero-order valence-corrected chi connectivity index (χ0v) is 7.58. The third-order valence-corrected chi connectivity index (χ3v) is 1.99. The van der Waals surface area contributed by atoms with Crippen molar-refractivity contribution in [3.05, 3.63) is 28.0 Å². The van der Waals surface area contributed by atoms with E-state index in [0.717, 1.165) is 0 Å². The Bertz CT molecular complexity index is 314. The van der Waals surface area contributed by atoms with E-state index in [2.05, 4.69) is 20.7 Å². The van der Waals surface area contributed by atoms with Gasteiger partial charge in [-0.1, -0.05) is 0 Å². The predicted molar refractivity (Wildman–Crippen MR) is 40.6 cm³/mol. The first-order valence-corrected chi connectivity index (χ1v) is 3.74. The van der Waals surface area contributed by atoms with E-state index in [-0.39, 0.29) is 5.75 Å². The largest absolute Gasteiger partial charge is 0.494 e. The van der Waals surface area contributed by atoms with Gasteiger partial charge in [0.1, 0.15) is 0 Å². The molecule has 0 atom stereocenters. The lowest BCUT2D eigenvalue weighted by Gasteiger charge is -2.04. The minimum Gasteiger partial charge on any atom is -0.494 e. The summed E-state index contributed by atoms with van der Waals surface area (Å²) >= 11 is 2.55. The van der Waals surface area contributed by atoms with E-state index in [1.54, 1.807) is 0 Å². The number of ether oxygens (including phenoxy) is 1. The second kappa shape index (κ2) is 3.35. The highest BCUT2D eigenvalue weighted by molar-refractivity contribution is 9.10. The Morgan fingerprint density at radius 3 is 2.33 bits per heavy atom. The van der Waals surface area contributed by atoms with E-state index in [4.69, 9.17) is 0 Å². The summed E-state index contributed by atoms with van der Waals surface area (Å²) in [5, 5.41) is 0. The van der Waals surface area contributed by atoms with Gasteiger partial charge in [0.25, 0.3) is 0 Å². The van der Waals surface area contributed by atoms with Crippen molar-refractivity contribution in [2.45, 2.75) is 0 Å². The fourth-order valence-electron chi connectivity index (χ4n) is 0.700. The highest BCUT2D eigenvalue weighted by Gasteiger charge is 2.16. The van der Waals surface area contributed by atoms with Crippen molar-refractivity contribution >= 4 is 15.9 Å². The third kappa shape index (κ3) is 1.41. The number of halogens is 4. The Kier molecular flexibility index (Phi) is 2.62. The smallest absolute Gasteiger partial charge is 0.182 e. The Hall–Kier alpha value is -0.710. The maximum atomic E-state index is 12.9. The summed E-state index contributed by atoms with van der Waals surface area (Å²) in [7, 11) is 1.17. The summed E-state index contributed by atoms with van der Waals surface area (Å²) in [5.41, 5.74) is 0. The van der Waals surface area contributed by atoms with Crippen molar-refractivity contribution in [2.75, 3.05) is 7.11 Å². The first-order valence-electron chi connectivity index (χ1n) is 2.95. The number of hydrogen-bond acceptors (Lipinski definition) is 1. The van der Waals surface area contributed by atoms with E-state index in [9.17, 15) is 13.2 Å². The average molecular weight is 241 g/mol. The Balaban J connectivity index is 3.39. The Morgan fingerprint density at radius 1 is 1.25 bits per heavy atom. The van der Waals surface area contributed by atoms with Crippen molar-refractivity contribution in [1.82, 2.24) is 0 Å². The molecule has 0 spiro atoms. The van der Waals surface area contributed by atoms with E-state index >= 15 is 0 Å². The van der Waals surface area contributed by atoms with Gasteiger partial charge in [-0.05, 0) is 15.9 Å². The van der Waals surface area contributed by atoms with Crippen molar-refractivity contribution < 1.29 is 17.9 Å². The molecule has 0 saturated carbocycles. The maximum Gasteiger partial charge on any atom is 0.182 e. The minimum atomic E-state index is -1.26. The molecule has 0 amide bonds. The summed E-state index contributed by atoms with van der Waals surface area (Å²) in [6.07, 6.45) is 0. The van der Waals surface area contributed by atoms with E-state index in [0.29, 0.717) is 6.07 Å². The molecule has 0 unspecified atom stereocenters. The van der Waals surface area contributed by atoms with Gasteiger partial charge in [-0.3, -0.25) is 0 Å². The SMILES string of the molecule is COc1cc(F)c(F)c(Br)c1F. The van der Waals surface area contributed by atoms with Crippen LogP contribution < -0.4 is 4.74 Å². The molecule has 0 fully saturated rings. The summed E-state index contributed by atoms with van der Waals surface area (Å²) in [4.78, 5) is 0. The molecule has 12 heavy (non-hydrogen) atoms. The summed E-state index contributed by atoms with van der Waals surface area (Å²) in [5.74, 6) is -3.69. The molecule has 0 bridgehead atoms. The molecule has 0 heterocycles. The van der Waals surface area contributed by atoms with Gasteiger partial charge in [0.2, 0.25) is 0 Å². The molecule has 0 aliphatic heterocycles. The van der Waals surface area contributed by atoms with Gasteiger partial charge in [-0.25, -0.2) is 13.2 Å². The first kappa shape index (κ1) is 9.38. The van der Waals surface area contributed by atoms with Gasteiger partial charge in [0, 0.05) is 6.07 Å². The molecule has 0 radical (unpaired) electrons. The maximum absolute atomic E-state index is 12.9. The van der Waals surface area contributed by atoms with Crippen molar-refractivity contribution in [2.24, 2.45) is 0 Å². The molecule has 1 aromatic rings. The zero-order valence-electron chi connectivity index (χ0n) is 6.00. The standard InChI is InChI=1S/C7H4BrF3O/c1-12-4-2-3(9)6(10)5(8)7(4)11/h2H,1H3. The lowest BCUT2D eigenvalue weighted by molar-refractivity contribution is 0.373. The van der Waals surface area contributed by atoms with Crippen LogP contribution in [-0.4, -0.2) is 7.11 Å². The molecule has 66 valence electrons. The third-order valence-electron chi connectivity index (χ3n) is 1.29. The molecule has 1 aromatic carbocycles. The number of rotatable bonds is 1. The zero-order chi connectivity index (χ0) is 9.30. The quantitative estimate of drug-likeness (QED) is 0.542. The van der Waals surface area contributed by atoms with Crippen molar-refractivity contribution in [3.8, 4) is 5.75 Å². The van der Waals surface area contributed by atoms with Crippen LogP contribution in [0.1, 0.15) is 0 Å². The molecular weight excluding hydrogens is 237 g/mol. The molecule has 0 aliphatic carbocycles. The van der Waals surface area contributed by atoms with Gasteiger partial charge in [0.05, 0.1) is 11.6 Å². The number of benzene rings is 1. The molecule has 5 heteroatoms. The Labute approximate surface area is 75.3 Å². The van der Waals surface area contributed by atoms with Gasteiger partial charge in [-0.15, -0.1) is 0 Å². The fraction of sp³-hybridized carbons (Fsp3) is 0.143. The van der Waals surface area contributed by atoms with Crippen LogP contribution in [0.4, 0.5) is 13.2 Å². The second-order valence-electron chi connectivity index (χ2n) is 2.00. The van der Waals surface area contributed by atoms with Crippen LogP contribution in [0.15, 0.2) is 10.5 Å². The monoisotopic (exact) mass is 240 g/mol. The van der Waals surface area contributed by atoms with Crippen LogP contribution in [0.3, 0.4) is 0 Å². The molecule has 0 aromatic heterocycles. The van der Waals surface area contributed by atoms with Crippen LogP contribution in [0.25, 0.3) is 0 Å². The average Bonchev–Trinajstić information content (AvgIpc) is 2.08. The first-order chi connectivity index (χ1) is 5.57. The van der Waals surface area contributed by atoms with Crippen molar-refractivity contribution in [1.29, 1.82) is 0 Å². The van der Waals surface area contributed by atoms with Gasteiger partial charge < -0.3 is 4.74 Å². The lowest BCUT2D eigenvalue weighted by atomic mass is 10.3. The molecule has 1 nitrogen and oxygen atoms in total. The van der Waals surface area contributed by atoms with Crippen LogP contribution in [0.2, 0.25) is 0 Å². The molecule has 0 N–H and O–H groups in total. The number of methoxy groups -OCH3 is 1. The second-order valence-corrected chi connectivity index (χ2v) is 2.80. The number of hydrogen-bond donors (Lipinski definition) is 0. The lowest BCUT2D eigenvalue weighted by Crippen LogP contribution is -1.95. The van der Waals surface area contributed by atoms with Crippen molar-refractivity contribution in [3.63, 3.8) is 0 Å². The molecule has 1 rings (SSSR count). The van der Waals surface area contributed by atoms with Crippen LogP contribution >= 0.6 is 15.9 Å². The summed E-state index contributed by atoms with van der Waals surface area (Å²) in [6.45, 7) is 0. The van der Waals surface area contributed by atoms with Crippen LogP contribution in [0.5, 0.6) is 5.75 Å². The molecule has 0 saturated heterocycles. The molecule has 0 aliphatic rings. The normalized spacial score (nSPS) is 10.1. The minimum absolute atomic E-state index is 0.333. The van der Waals surface area contributed by atoms with E-state index in [1.807, 2.05) is 0 Å². The fourth-order valence-corrected chi connectivity index (χ4v) is 1.08. The van der Waals surface area contributed by atoms with Crippen LogP contribution in [-0.2, 0) is 0 Å². The van der Waals surface area contributed by atoms with E-state index < -0.39 is 21.9 Å². The topological polar surface area (TPSA) is 9.23 Å². The van der Waals surface area contributed by atoms with E-state index in [1.165, 1.54) is 7.11 Å². The molecular formula is C7H4BrF3O. The predicted octanol–water partition coefficient (Wildman–Crippen LogP) is 2.88. The highest BCUT2D eigenvalue weighted by Crippen LogP contribution is 2.29. The van der Waals surface area contributed by atoms with Gasteiger partial charge in [0.15, 0.2) is 23.2 Å². The Morgan fingerprint density at radius 2 is 1.83 bits per heavy atom.